The van der Waals surface area contributed by atoms with Gasteiger partial charge in [0.1, 0.15) is 11.4 Å². The van der Waals surface area contributed by atoms with Crippen LogP contribution in [0.1, 0.15) is 24.3 Å². The fraction of sp³-hybridized carbons (Fsp3) is 0.174. The van der Waals surface area contributed by atoms with E-state index in [-0.39, 0.29) is 11.9 Å². The first-order valence-electron chi connectivity index (χ1n) is 9.95. The van der Waals surface area contributed by atoms with Crippen molar-refractivity contribution in [1.29, 1.82) is 0 Å². The van der Waals surface area contributed by atoms with Crippen LogP contribution in [0.15, 0.2) is 67.3 Å². The fourth-order valence-electron chi connectivity index (χ4n) is 3.17. The van der Waals surface area contributed by atoms with E-state index in [1.165, 1.54) is 0 Å². The standard InChI is InChI=1S/C23H23N7O/c1-15(2)26-17-11-16(12-24-13-17)18-8-6-9-20(27-18)23(31)28-21-14-30(3)29-22(21)19-7-4-5-10-25-19/h4-15,26H,1-3H3,(H,28,31). The molecule has 0 saturated carbocycles. The van der Waals surface area contributed by atoms with E-state index >= 15 is 0 Å². The molecular formula is C23H23N7O. The lowest BCUT2D eigenvalue weighted by Crippen LogP contribution is -2.14. The number of nitrogens with zero attached hydrogens (tertiary/aromatic N) is 5. The van der Waals surface area contributed by atoms with Crippen LogP contribution in [0.5, 0.6) is 0 Å². The highest BCUT2D eigenvalue weighted by atomic mass is 16.1. The van der Waals surface area contributed by atoms with Crippen LogP contribution < -0.4 is 10.6 Å². The van der Waals surface area contributed by atoms with E-state index in [1.54, 1.807) is 42.6 Å². The molecule has 156 valence electrons. The van der Waals surface area contributed by atoms with Crippen LogP contribution in [-0.4, -0.2) is 36.7 Å². The number of hydrogen-bond acceptors (Lipinski definition) is 6. The molecule has 4 aromatic heterocycles. The molecule has 8 nitrogen and oxygen atoms in total. The number of aromatic nitrogens is 5. The average Bonchev–Trinajstić information content (AvgIpc) is 3.14. The second-order valence-electron chi connectivity index (χ2n) is 7.40. The molecule has 4 aromatic rings. The maximum absolute atomic E-state index is 12.9. The van der Waals surface area contributed by atoms with Gasteiger partial charge < -0.3 is 10.6 Å². The third-order valence-corrected chi connectivity index (χ3v) is 4.46. The minimum atomic E-state index is -0.323. The number of hydrogen-bond donors (Lipinski definition) is 2. The zero-order chi connectivity index (χ0) is 21.8. The van der Waals surface area contributed by atoms with Gasteiger partial charge in [-0.15, -0.1) is 0 Å². The first-order chi connectivity index (χ1) is 15.0. The van der Waals surface area contributed by atoms with Gasteiger partial charge in [-0.1, -0.05) is 12.1 Å². The number of nitrogens with one attached hydrogen (secondary N) is 2. The quantitative estimate of drug-likeness (QED) is 0.496. The van der Waals surface area contributed by atoms with Crippen LogP contribution in [0.25, 0.3) is 22.6 Å². The molecule has 2 N–H and O–H groups in total. The van der Waals surface area contributed by atoms with Gasteiger partial charge in [-0.05, 0) is 44.2 Å². The Morgan fingerprint density at radius 1 is 1.06 bits per heavy atom. The van der Waals surface area contributed by atoms with Gasteiger partial charge in [0.25, 0.3) is 5.91 Å². The summed E-state index contributed by atoms with van der Waals surface area (Å²) in [6, 6.07) is 13.2. The van der Waals surface area contributed by atoms with Crippen molar-refractivity contribution in [2.75, 3.05) is 10.6 Å². The zero-order valence-electron chi connectivity index (χ0n) is 17.6. The molecule has 0 fully saturated rings. The van der Waals surface area contributed by atoms with Crippen molar-refractivity contribution < 1.29 is 4.79 Å². The third-order valence-electron chi connectivity index (χ3n) is 4.46. The lowest BCUT2D eigenvalue weighted by Gasteiger charge is -2.11. The minimum absolute atomic E-state index is 0.287. The summed E-state index contributed by atoms with van der Waals surface area (Å²) in [6.45, 7) is 4.13. The summed E-state index contributed by atoms with van der Waals surface area (Å²) in [5.41, 5.74) is 4.56. The highest BCUT2D eigenvalue weighted by Crippen LogP contribution is 2.25. The summed E-state index contributed by atoms with van der Waals surface area (Å²) < 4.78 is 1.64. The van der Waals surface area contributed by atoms with Crippen molar-refractivity contribution in [1.82, 2.24) is 24.7 Å². The third kappa shape index (κ3) is 4.75. The number of rotatable bonds is 6. The molecule has 0 aromatic carbocycles. The molecule has 0 spiro atoms. The lowest BCUT2D eigenvalue weighted by molar-refractivity contribution is 0.102. The SMILES string of the molecule is CC(C)Nc1cncc(-c2cccc(C(=O)Nc3cn(C)nc3-c3ccccn3)n2)c1. The number of carbonyl (C=O) groups excluding carboxylic acids is 1. The van der Waals surface area contributed by atoms with Gasteiger partial charge in [0.2, 0.25) is 0 Å². The van der Waals surface area contributed by atoms with E-state index in [4.69, 9.17) is 0 Å². The Bertz CT molecular complexity index is 1200. The molecule has 0 aliphatic heterocycles. The molecule has 31 heavy (non-hydrogen) atoms. The fourth-order valence-corrected chi connectivity index (χ4v) is 3.17. The van der Waals surface area contributed by atoms with Gasteiger partial charge >= 0.3 is 0 Å². The lowest BCUT2D eigenvalue weighted by atomic mass is 10.1. The monoisotopic (exact) mass is 413 g/mol. The van der Waals surface area contributed by atoms with Gasteiger partial charge in [-0.3, -0.25) is 19.4 Å². The number of amides is 1. The normalized spacial score (nSPS) is 10.8. The molecule has 8 heteroatoms. The van der Waals surface area contributed by atoms with Crippen LogP contribution in [0.3, 0.4) is 0 Å². The number of aryl methyl sites for hydroxylation is 1. The van der Waals surface area contributed by atoms with Gasteiger partial charge in [-0.25, -0.2) is 4.98 Å². The minimum Gasteiger partial charge on any atom is -0.382 e. The van der Waals surface area contributed by atoms with Crippen molar-refractivity contribution in [3.05, 3.63) is 72.9 Å². The summed E-state index contributed by atoms with van der Waals surface area (Å²) >= 11 is 0. The summed E-state index contributed by atoms with van der Waals surface area (Å²) in [5.74, 6) is -0.323. The number of carbonyl (C=O) groups is 1. The Balaban J connectivity index is 1.59. The van der Waals surface area contributed by atoms with Crippen LogP contribution in [0, 0.1) is 0 Å². The molecule has 0 bridgehead atoms. The van der Waals surface area contributed by atoms with E-state index in [2.05, 4.69) is 44.5 Å². The smallest absolute Gasteiger partial charge is 0.274 e. The van der Waals surface area contributed by atoms with Crippen molar-refractivity contribution in [3.8, 4) is 22.6 Å². The van der Waals surface area contributed by atoms with E-state index in [1.807, 2.05) is 36.4 Å². The molecule has 0 aliphatic carbocycles. The van der Waals surface area contributed by atoms with Gasteiger partial charge in [0.05, 0.1) is 22.8 Å². The Morgan fingerprint density at radius 3 is 2.68 bits per heavy atom. The Kier molecular flexibility index (Phi) is 5.70. The Labute approximate surface area is 180 Å². The Hall–Kier alpha value is -4.07. The van der Waals surface area contributed by atoms with Crippen LogP contribution in [-0.2, 0) is 7.05 Å². The molecule has 1 amide bonds. The molecule has 0 unspecified atom stereocenters. The highest BCUT2D eigenvalue weighted by Gasteiger charge is 2.16. The van der Waals surface area contributed by atoms with E-state index in [0.717, 1.165) is 11.3 Å². The average molecular weight is 413 g/mol. The predicted molar refractivity (Wildman–Crippen MR) is 121 cm³/mol. The zero-order valence-corrected chi connectivity index (χ0v) is 17.6. The maximum Gasteiger partial charge on any atom is 0.274 e. The number of pyridine rings is 3. The van der Waals surface area contributed by atoms with Gasteiger partial charge in [-0.2, -0.15) is 5.10 Å². The first kappa shape index (κ1) is 20.2. The molecule has 0 saturated heterocycles. The van der Waals surface area contributed by atoms with Crippen LogP contribution >= 0.6 is 0 Å². The van der Waals surface area contributed by atoms with Gasteiger partial charge in [0.15, 0.2) is 0 Å². The summed E-state index contributed by atoms with van der Waals surface area (Å²) in [4.78, 5) is 26.1. The number of anilines is 2. The maximum atomic E-state index is 12.9. The molecule has 4 rings (SSSR count). The van der Waals surface area contributed by atoms with E-state index in [9.17, 15) is 4.79 Å². The van der Waals surface area contributed by atoms with E-state index < -0.39 is 0 Å². The molecule has 0 aliphatic rings. The van der Waals surface area contributed by atoms with E-state index in [0.29, 0.717) is 28.5 Å². The van der Waals surface area contributed by atoms with Gasteiger partial charge in [0, 0.05) is 43.4 Å². The van der Waals surface area contributed by atoms with Crippen molar-refractivity contribution in [2.24, 2.45) is 7.05 Å². The molecule has 4 heterocycles. The van der Waals surface area contributed by atoms with Crippen molar-refractivity contribution in [2.45, 2.75) is 19.9 Å². The molecule has 0 radical (unpaired) electrons. The summed E-state index contributed by atoms with van der Waals surface area (Å²) in [7, 11) is 1.80. The topological polar surface area (TPSA) is 97.6 Å². The summed E-state index contributed by atoms with van der Waals surface area (Å²) in [6.07, 6.45) is 6.94. The van der Waals surface area contributed by atoms with Crippen LogP contribution in [0.2, 0.25) is 0 Å². The highest BCUT2D eigenvalue weighted by molar-refractivity contribution is 6.04. The van der Waals surface area contributed by atoms with Crippen molar-refractivity contribution in [3.63, 3.8) is 0 Å². The first-order valence-corrected chi connectivity index (χ1v) is 9.95. The Morgan fingerprint density at radius 2 is 1.90 bits per heavy atom. The summed E-state index contributed by atoms with van der Waals surface area (Å²) in [5, 5.41) is 10.7. The second-order valence-corrected chi connectivity index (χ2v) is 7.40. The molecular weight excluding hydrogens is 390 g/mol. The predicted octanol–water partition coefficient (Wildman–Crippen LogP) is 4.01. The largest absolute Gasteiger partial charge is 0.382 e. The van der Waals surface area contributed by atoms with Crippen molar-refractivity contribution >= 4 is 17.3 Å². The van der Waals surface area contributed by atoms with Crippen LogP contribution in [0.4, 0.5) is 11.4 Å². The second kappa shape index (κ2) is 8.74. The molecule has 0 atom stereocenters.